The molecule has 8 nitrogen and oxygen atoms in total. The van der Waals surface area contributed by atoms with E-state index >= 15 is 0 Å². The van der Waals surface area contributed by atoms with E-state index < -0.39 is 11.9 Å². The minimum Gasteiger partial charge on any atom is -0.465 e. The van der Waals surface area contributed by atoms with Gasteiger partial charge in [-0.2, -0.15) is 0 Å². The van der Waals surface area contributed by atoms with Crippen LogP contribution >= 0.6 is 0 Å². The summed E-state index contributed by atoms with van der Waals surface area (Å²) in [5.41, 5.74) is 2.17. The zero-order valence-electron chi connectivity index (χ0n) is 17.3. The molecule has 0 spiro atoms. The highest BCUT2D eigenvalue weighted by molar-refractivity contribution is 5.93. The largest absolute Gasteiger partial charge is 0.465 e. The van der Waals surface area contributed by atoms with E-state index in [0.29, 0.717) is 11.0 Å². The van der Waals surface area contributed by atoms with Gasteiger partial charge >= 0.3 is 11.9 Å². The highest BCUT2D eigenvalue weighted by atomic mass is 16.6. The Labute approximate surface area is 188 Å². The molecule has 1 aliphatic heterocycles. The Kier molecular flexibility index (Phi) is 5.16. The monoisotopic (exact) mass is 440 g/mol. The van der Waals surface area contributed by atoms with Crippen LogP contribution in [0.3, 0.4) is 0 Å². The van der Waals surface area contributed by atoms with E-state index in [4.69, 9.17) is 18.9 Å². The summed E-state index contributed by atoms with van der Waals surface area (Å²) in [4.78, 5) is 33.5. The average molecular weight is 440 g/mol. The summed E-state index contributed by atoms with van der Waals surface area (Å²) in [6.45, 7) is 0. The van der Waals surface area contributed by atoms with Crippen LogP contribution in [0.5, 0.6) is 29.0 Å². The molecule has 0 aliphatic carbocycles. The Morgan fingerprint density at radius 3 is 2.24 bits per heavy atom. The molecule has 0 N–H and O–H groups in total. The first-order valence-electron chi connectivity index (χ1n) is 9.94. The van der Waals surface area contributed by atoms with Gasteiger partial charge < -0.3 is 18.9 Å². The van der Waals surface area contributed by atoms with Gasteiger partial charge in [-0.3, -0.25) is 0 Å². The number of hydrogen-bond donors (Lipinski definition) is 0. The van der Waals surface area contributed by atoms with Crippen LogP contribution in [0.25, 0.3) is 17.1 Å². The topological polar surface area (TPSA) is 96.8 Å². The van der Waals surface area contributed by atoms with Crippen LogP contribution in [0.1, 0.15) is 15.9 Å². The molecule has 0 saturated heterocycles. The predicted molar refractivity (Wildman–Crippen MR) is 119 cm³/mol. The molecule has 5 rings (SSSR count). The lowest BCUT2D eigenvalue weighted by atomic mass is 10.1. The Morgan fingerprint density at radius 1 is 0.879 bits per heavy atom. The maximum Gasteiger partial charge on any atom is 0.338 e. The van der Waals surface area contributed by atoms with E-state index in [1.165, 1.54) is 25.3 Å². The van der Waals surface area contributed by atoms with E-state index in [0.717, 1.165) is 5.56 Å². The molecule has 33 heavy (non-hydrogen) atoms. The number of fused-ring (bicyclic) bond motifs is 3. The van der Waals surface area contributed by atoms with Crippen LogP contribution in [-0.2, 0) is 9.53 Å². The smallest absolute Gasteiger partial charge is 0.338 e. The summed E-state index contributed by atoms with van der Waals surface area (Å²) >= 11 is 0. The van der Waals surface area contributed by atoms with Crippen molar-refractivity contribution in [1.29, 1.82) is 0 Å². The van der Waals surface area contributed by atoms with Crippen molar-refractivity contribution >= 4 is 29.0 Å². The van der Waals surface area contributed by atoms with Gasteiger partial charge in [0.1, 0.15) is 0 Å². The van der Waals surface area contributed by atoms with Crippen LogP contribution in [-0.4, -0.2) is 29.0 Å². The van der Waals surface area contributed by atoms with Crippen LogP contribution in [0.4, 0.5) is 0 Å². The lowest BCUT2D eigenvalue weighted by Crippen LogP contribution is -2.11. The highest BCUT2D eigenvalue weighted by Crippen LogP contribution is 2.49. The molecule has 0 atom stereocenters. The number of nitrogens with zero attached hydrogens (tertiary/aromatic N) is 2. The first kappa shape index (κ1) is 20.2. The van der Waals surface area contributed by atoms with E-state index in [1.54, 1.807) is 18.2 Å². The molecule has 4 aromatic rings. The van der Waals surface area contributed by atoms with Gasteiger partial charge in [-0.1, -0.05) is 42.5 Å². The second kappa shape index (κ2) is 8.43. The van der Waals surface area contributed by atoms with Gasteiger partial charge in [-0.15, -0.1) is 0 Å². The summed E-state index contributed by atoms with van der Waals surface area (Å²) in [5.74, 6) is -0.827. The van der Waals surface area contributed by atoms with Crippen LogP contribution in [0.2, 0.25) is 0 Å². The average Bonchev–Trinajstić information content (AvgIpc) is 2.85. The number of esters is 2. The molecule has 0 amide bonds. The second-order valence-electron chi connectivity index (χ2n) is 6.99. The van der Waals surface area contributed by atoms with Crippen LogP contribution in [0, 0.1) is 0 Å². The van der Waals surface area contributed by atoms with Crippen molar-refractivity contribution in [3.63, 3.8) is 0 Å². The van der Waals surface area contributed by atoms with Gasteiger partial charge in [0.2, 0.25) is 5.75 Å². The first-order chi connectivity index (χ1) is 16.1. The zero-order chi connectivity index (χ0) is 22.8. The number of para-hydroxylation sites is 2. The normalized spacial score (nSPS) is 11.8. The van der Waals surface area contributed by atoms with E-state index in [9.17, 15) is 9.59 Å². The fourth-order valence-corrected chi connectivity index (χ4v) is 3.24. The fourth-order valence-electron chi connectivity index (χ4n) is 3.24. The number of rotatable bonds is 4. The van der Waals surface area contributed by atoms with E-state index in [-0.39, 0.29) is 34.6 Å². The molecule has 0 unspecified atom stereocenters. The second-order valence-corrected chi connectivity index (χ2v) is 6.99. The van der Waals surface area contributed by atoms with Crippen LogP contribution < -0.4 is 14.2 Å². The lowest BCUT2D eigenvalue weighted by molar-refractivity contribution is -0.129. The number of benzene rings is 3. The molecule has 162 valence electrons. The molecular weight excluding hydrogens is 424 g/mol. The van der Waals surface area contributed by atoms with Crippen molar-refractivity contribution in [2.75, 3.05) is 7.11 Å². The van der Waals surface area contributed by atoms with Crippen molar-refractivity contribution in [3.8, 4) is 29.0 Å². The first-order valence-corrected chi connectivity index (χ1v) is 9.94. The maximum absolute atomic E-state index is 12.5. The summed E-state index contributed by atoms with van der Waals surface area (Å²) in [6.07, 6.45) is 2.89. The van der Waals surface area contributed by atoms with Gasteiger partial charge in [0.05, 0.1) is 23.7 Å². The Morgan fingerprint density at radius 2 is 1.55 bits per heavy atom. The number of carbonyl (C=O) groups excluding carboxylic acids is 2. The highest BCUT2D eigenvalue weighted by Gasteiger charge is 2.29. The van der Waals surface area contributed by atoms with Gasteiger partial charge in [-0.25, -0.2) is 19.6 Å². The van der Waals surface area contributed by atoms with Gasteiger partial charge in [0.15, 0.2) is 11.5 Å². The number of aromatic nitrogens is 2. The minimum atomic E-state index is -0.665. The van der Waals surface area contributed by atoms with Gasteiger partial charge in [-0.05, 0) is 35.9 Å². The van der Waals surface area contributed by atoms with Gasteiger partial charge in [0.25, 0.3) is 11.8 Å². The quantitative estimate of drug-likeness (QED) is 0.220. The molecular formula is C25H16N2O6. The Balaban J connectivity index is 1.51. The molecule has 0 saturated carbocycles. The zero-order valence-corrected chi connectivity index (χ0v) is 17.3. The van der Waals surface area contributed by atoms with Gasteiger partial charge in [0, 0.05) is 6.08 Å². The molecule has 3 aromatic carbocycles. The van der Waals surface area contributed by atoms with Crippen molar-refractivity contribution in [3.05, 3.63) is 83.9 Å². The summed E-state index contributed by atoms with van der Waals surface area (Å²) in [5, 5.41) is 0. The third-order valence-electron chi connectivity index (χ3n) is 4.78. The molecule has 0 radical (unpaired) electrons. The summed E-state index contributed by atoms with van der Waals surface area (Å²) in [7, 11) is 1.25. The fraction of sp³-hybridized carbons (Fsp3) is 0.0400. The van der Waals surface area contributed by atoms with Crippen molar-refractivity contribution in [2.24, 2.45) is 0 Å². The molecule has 8 heteroatoms. The van der Waals surface area contributed by atoms with E-state index in [1.807, 2.05) is 42.5 Å². The third kappa shape index (κ3) is 4.09. The Hall–Kier alpha value is -4.72. The van der Waals surface area contributed by atoms with Crippen molar-refractivity contribution in [2.45, 2.75) is 0 Å². The molecule has 1 aliphatic rings. The number of ether oxygens (including phenoxy) is 4. The standard InChI is InChI=1S/C25H16N2O6/c1-30-25(29)16-13-19(31-21(28)12-11-15-7-3-2-4-8-15)22-20(14-16)32-23-24(33-22)27-18-10-6-5-9-17(18)26-23/h2-14H,1H3/b12-11+. The molecule has 1 aromatic heterocycles. The summed E-state index contributed by atoms with van der Waals surface area (Å²) < 4.78 is 22.0. The molecule has 0 bridgehead atoms. The minimum absolute atomic E-state index is 0.0174. The summed E-state index contributed by atoms with van der Waals surface area (Å²) in [6, 6.07) is 19.3. The van der Waals surface area contributed by atoms with Crippen LogP contribution in [0.15, 0.2) is 72.8 Å². The number of carbonyl (C=O) groups is 2. The molecule has 2 heterocycles. The molecule has 0 fully saturated rings. The predicted octanol–water partition coefficient (Wildman–Crippen LogP) is 4.93. The van der Waals surface area contributed by atoms with E-state index in [2.05, 4.69) is 9.97 Å². The Bertz CT molecular complexity index is 1420. The van der Waals surface area contributed by atoms with Crippen molar-refractivity contribution < 1.29 is 28.5 Å². The maximum atomic E-state index is 12.5. The third-order valence-corrected chi connectivity index (χ3v) is 4.78. The SMILES string of the molecule is COC(=O)c1cc(OC(=O)/C=C/c2ccccc2)c2c(c1)Oc1nc3ccccc3nc1O2. The lowest BCUT2D eigenvalue weighted by Gasteiger charge is -2.21. The van der Waals surface area contributed by atoms with Crippen molar-refractivity contribution in [1.82, 2.24) is 9.97 Å². The number of hydrogen-bond acceptors (Lipinski definition) is 8. The number of methoxy groups -OCH3 is 1.